The summed E-state index contributed by atoms with van der Waals surface area (Å²) in [5.41, 5.74) is 10.6. The van der Waals surface area contributed by atoms with Gasteiger partial charge in [0.15, 0.2) is 5.82 Å². The highest BCUT2D eigenvalue weighted by Gasteiger charge is 2.37. The first kappa shape index (κ1) is 28.6. The van der Waals surface area contributed by atoms with Crippen LogP contribution in [0, 0.1) is 0 Å². The van der Waals surface area contributed by atoms with Crippen LogP contribution in [0.4, 0.5) is 11.5 Å². The highest BCUT2D eigenvalue weighted by atomic mass is 15.4. The van der Waals surface area contributed by atoms with Crippen LogP contribution in [-0.2, 0) is 0 Å². The maximum atomic E-state index is 5.04. The minimum atomic E-state index is -0.0708. The van der Waals surface area contributed by atoms with E-state index in [1.165, 1.54) is 49.3 Å². The molecule has 1 aliphatic heterocycles. The third-order valence-corrected chi connectivity index (χ3v) is 10.3. The zero-order valence-electron chi connectivity index (χ0n) is 27.4. The summed E-state index contributed by atoms with van der Waals surface area (Å²) in [5.74, 6) is 0.985. The number of fused-ring (bicyclic) bond motifs is 5. The molecule has 1 aliphatic carbocycles. The lowest BCUT2D eigenvalue weighted by Gasteiger charge is -2.33. The molecule has 0 saturated heterocycles. The quantitative estimate of drug-likeness (QED) is 0.203. The van der Waals surface area contributed by atoms with Crippen molar-refractivity contribution in [3.05, 3.63) is 182 Å². The highest BCUT2D eigenvalue weighted by Crippen LogP contribution is 2.47. The topological polar surface area (TPSA) is 33.1 Å². The molecule has 4 heteroatoms. The number of para-hydroxylation sites is 2. The molecular formula is C46H34N4. The average Bonchev–Trinajstić information content (AvgIpc) is 3.75. The highest BCUT2D eigenvalue weighted by molar-refractivity contribution is 6.09. The van der Waals surface area contributed by atoms with Crippen molar-refractivity contribution < 1.29 is 0 Å². The molecule has 0 radical (unpaired) electrons. The molecule has 238 valence electrons. The van der Waals surface area contributed by atoms with Crippen LogP contribution in [0.3, 0.4) is 0 Å². The van der Waals surface area contributed by atoms with Crippen molar-refractivity contribution in [2.75, 3.05) is 10.2 Å². The van der Waals surface area contributed by atoms with Crippen molar-refractivity contribution in [1.82, 2.24) is 9.55 Å². The Morgan fingerprint density at radius 3 is 2.14 bits per heavy atom. The first-order valence-corrected chi connectivity index (χ1v) is 17.4. The van der Waals surface area contributed by atoms with E-state index in [-0.39, 0.29) is 12.2 Å². The Kier molecular flexibility index (Phi) is 6.66. The first-order valence-electron chi connectivity index (χ1n) is 17.4. The molecule has 6 aromatic carbocycles. The molecular weight excluding hydrogens is 609 g/mol. The molecule has 50 heavy (non-hydrogen) atoms. The second-order valence-corrected chi connectivity index (χ2v) is 13.2. The van der Waals surface area contributed by atoms with E-state index in [1.807, 2.05) is 6.20 Å². The number of pyridine rings is 1. The molecule has 0 saturated carbocycles. The van der Waals surface area contributed by atoms with Crippen LogP contribution in [0.2, 0.25) is 0 Å². The van der Waals surface area contributed by atoms with Gasteiger partial charge < -0.3 is 14.8 Å². The van der Waals surface area contributed by atoms with Gasteiger partial charge in [0, 0.05) is 28.2 Å². The zero-order valence-corrected chi connectivity index (χ0v) is 27.4. The summed E-state index contributed by atoms with van der Waals surface area (Å²) in [7, 11) is 0. The van der Waals surface area contributed by atoms with Crippen LogP contribution in [0.15, 0.2) is 176 Å². The molecule has 2 unspecified atom stereocenters. The smallest absolute Gasteiger partial charge is 0.155 e. The van der Waals surface area contributed by atoms with Crippen molar-refractivity contribution in [2.45, 2.75) is 18.6 Å². The largest absolute Gasteiger partial charge is 0.358 e. The lowest BCUT2D eigenvalue weighted by atomic mass is 9.98. The number of benzene rings is 6. The van der Waals surface area contributed by atoms with Crippen molar-refractivity contribution in [3.63, 3.8) is 0 Å². The number of hydrogen-bond donors (Lipinski definition) is 1. The summed E-state index contributed by atoms with van der Waals surface area (Å²) in [6.07, 6.45) is 11.7. The minimum absolute atomic E-state index is 0.0708. The van der Waals surface area contributed by atoms with Gasteiger partial charge in [0.25, 0.3) is 0 Å². The Bertz CT molecular complexity index is 2580. The van der Waals surface area contributed by atoms with E-state index >= 15 is 0 Å². The Balaban J connectivity index is 1.07. The van der Waals surface area contributed by atoms with Gasteiger partial charge in [-0.2, -0.15) is 0 Å². The molecule has 2 atom stereocenters. The molecule has 3 heterocycles. The minimum Gasteiger partial charge on any atom is -0.358 e. The van der Waals surface area contributed by atoms with Crippen molar-refractivity contribution in [1.29, 1.82) is 0 Å². The van der Waals surface area contributed by atoms with Gasteiger partial charge in [0.1, 0.15) is 6.17 Å². The van der Waals surface area contributed by atoms with Crippen molar-refractivity contribution in [3.8, 4) is 27.9 Å². The van der Waals surface area contributed by atoms with Gasteiger partial charge in [-0.25, -0.2) is 4.98 Å². The van der Waals surface area contributed by atoms with Crippen molar-refractivity contribution >= 4 is 44.1 Å². The fourth-order valence-corrected chi connectivity index (χ4v) is 7.98. The first-order chi connectivity index (χ1) is 24.8. The van der Waals surface area contributed by atoms with Crippen molar-refractivity contribution in [2.24, 2.45) is 0 Å². The van der Waals surface area contributed by atoms with E-state index in [9.17, 15) is 0 Å². The van der Waals surface area contributed by atoms with E-state index in [0.717, 1.165) is 34.7 Å². The average molecular weight is 643 g/mol. The molecule has 4 nitrogen and oxygen atoms in total. The maximum absolute atomic E-state index is 5.04. The third kappa shape index (κ3) is 4.64. The van der Waals surface area contributed by atoms with Crippen LogP contribution >= 0.6 is 0 Å². The summed E-state index contributed by atoms with van der Waals surface area (Å²) >= 11 is 0. The monoisotopic (exact) mass is 642 g/mol. The molecule has 0 spiro atoms. The summed E-state index contributed by atoms with van der Waals surface area (Å²) in [4.78, 5) is 7.51. The van der Waals surface area contributed by atoms with Gasteiger partial charge in [0.05, 0.1) is 22.8 Å². The van der Waals surface area contributed by atoms with Gasteiger partial charge in [-0.15, -0.1) is 0 Å². The standard InChI is InChI=1S/C46H34N4/c1-3-12-31(13-4-1)32-22-23-34-29-36(25-24-33(34)28-32)45-48-44-39(26-27-47-46(44)50(45)37-15-5-2-6-16-37)35-14-11-17-38(30-35)49-42-20-9-7-18-40(42)41-19-8-10-21-43(41)49/h1-15,17-30,37,45,48H,16H2. The lowest BCUT2D eigenvalue weighted by Crippen LogP contribution is -2.37. The fraction of sp³-hybridized carbons (Fsp3) is 0.0652. The third-order valence-electron chi connectivity index (χ3n) is 10.3. The Labute approximate surface area is 291 Å². The number of hydrogen-bond acceptors (Lipinski definition) is 3. The van der Waals surface area contributed by atoms with E-state index in [1.54, 1.807) is 0 Å². The lowest BCUT2D eigenvalue weighted by molar-refractivity contribution is 0.627. The number of nitrogens with one attached hydrogen (secondary N) is 1. The predicted octanol–water partition coefficient (Wildman–Crippen LogP) is 11.5. The summed E-state index contributed by atoms with van der Waals surface area (Å²) in [5, 5.41) is 8.97. The molecule has 10 rings (SSSR count). The second-order valence-electron chi connectivity index (χ2n) is 13.2. The number of allylic oxidation sites excluding steroid dienone is 2. The molecule has 8 aromatic rings. The maximum Gasteiger partial charge on any atom is 0.155 e. The van der Waals surface area contributed by atoms with Crippen LogP contribution in [0.5, 0.6) is 0 Å². The molecule has 2 aliphatic rings. The number of aromatic nitrogens is 2. The van der Waals surface area contributed by atoms with E-state index in [4.69, 9.17) is 4.98 Å². The predicted molar refractivity (Wildman–Crippen MR) is 209 cm³/mol. The molecule has 0 fully saturated rings. The number of nitrogens with zero attached hydrogens (tertiary/aromatic N) is 3. The van der Waals surface area contributed by atoms with Crippen LogP contribution in [0.25, 0.3) is 60.5 Å². The van der Waals surface area contributed by atoms with Gasteiger partial charge in [-0.3, -0.25) is 0 Å². The molecule has 0 bridgehead atoms. The van der Waals surface area contributed by atoms with Gasteiger partial charge in [-0.05, 0) is 81.9 Å². The zero-order chi connectivity index (χ0) is 33.0. The Morgan fingerprint density at radius 1 is 0.600 bits per heavy atom. The molecule has 0 amide bonds. The van der Waals surface area contributed by atoms with Gasteiger partial charge >= 0.3 is 0 Å². The number of anilines is 2. The van der Waals surface area contributed by atoms with Gasteiger partial charge in [-0.1, -0.05) is 127 Å². The molecule has 1 N–H and O–H groups in total. The summed E-state index contributed by atoms with van der Waals surface area (Å²) in [6, 6.07) is 52.9. The fourth-order valence-electron chi connectivity index (χ4n) is 7.98. The van der Waals surface area contributed by atoms with Crippen LogP contribution < -0.4 is 10.2 Å². The number of rotatable bonds is 5. The van der Waals surface area contributed by atoms with E-state index < -0.39 is 0 Å². The molecule has 2 aromatic heterocycles. The van der Waals surface area contributed by atoms with E-state index in [0.29, 0.717) is 0 Å². The Morgan fingerprint density at radius 2 is 1.34 bits per heavy atom. The SMILES string of the molecule is C1=CCC(N2c3nccc(-c4cccc(-n5c6ccccc6c6ccccc65)c4)c3NC2c2ccc3cc(-c4ccccc4)ccc3c2)C=C1. The van der Waals surface area contributed by atoms with E-state index in [2.05, 4.69) is 185 Å². The van der Waals surface area contributed by atoms with Gasteiger partial charge in [0.2, 0.25) is 0 Å². The Hall–Kier alpha value is -6.39. The summed E-state index contributed by atoms with van der Waals surface area (Å²) < 4.78 is 2.38. The van der Waals surface area contributed by atoms with Crippen LogP contribution in [0.1, 0.15) is 18.2 Å². The second kappa shape index (κ2) is 11.6. The summed E-state index contributed by atoms with van der Waals surface area (Å²) in [6.45, 7) is 0. The van der Waals surface area contributed by atoms with Crippen LogP contribution in [-0.4, -0.2) is 15.6 Å². The normalized spacial score (nSPS) is 16.7.